The van der Waals surface area contributed by atoms with Gasteiger partial charge in [-0.05, 0) is 31.2 Å². The van der Waals surface area contributed by atoms with Crippen LogP contribution in [0.3, 0.4) is 0 Å². The summed E-state index contributed by atoms with van der Waals surface area (Å²) in [6.45, 7) is 1.11. The Hall–Kier alpha value is -3.27. The van der Waals surface area contributed by atoms with Crippen molar-refractivity contribution in [1.82, 2.24) is 5.43 Å². The number of rotatable bonds is 8. The van der Waals surface area contributed by atoms with Gasteiger partial charge in [0, 0.05) is 11.6 Å². The number of carbonyl (C=O) groups is 1. The molecule has 0 heterocycles. The number of anilines is 1. The van der Waals surface area contributed by atoms with Crippen LogP contribution < -0.4 is 19.2 Å². The van der Waals surface area contributed by atoms with Crippen molar-refractivity contribution in [1.29, 1.82) is 0 Å². The van der Waals surface area contributed by atoms with Crippen molar-refractivity contribution < 1.29 is 27.8 Å². The van der Waals surface area contributed by atoms with Gasteiger partial charge in [0.2, 0.25) is 10.0 Å². The summed E-state index contributed by atoms with van der Waals surface area (Å²) in [5.41, 5.74) is 3.37. The molecule has 2 N–H and O–H groups in total. The van der Waals surface area contributed by atoms with Crippen molar-refractivity contribution in [3.8, 4) is 17.2 Å². The van der Waals surface area contributed by atoms with Gasteiger partial charge in [-0.15, -0.1) is 0 Å². The van der Waals surface area contributed by atoms with E-state index in [0.29, 0.717) is 22.8 Å². The van der Waals surface area contributed by atoms with E-state index in [2.05, 4.69) is 10.5 Å². The average molecular weight is 421 g/mol. The quantitative estimate of drug-likeness (QED) is 0.495. The topological polar surface area (TPSA) is 118 Å². The predicted octanol–water partition coefficient (Wildman–Crippen LogP) is 1.72. The highest BCUT2D eigenvalue weighted by atomic mass is 32.2. The molecule has 0 bridgehead atoms. The summed E-state index contributed by atoms with van der Waals surface area (Å²) in [6, 6.07) is 11.0. The van der Waals surface area contributed by atoms with Crippen LogP contribution in [-0.4, -0.2) is 52.2 Å². The first-order valence-electron chi connectivity index (χ1n) is 8.48. The number of hydrogen-bond donors (Lipinski definition) is 2. The summed E-state index contributed by atoms with van der Waals surface area (Å²) in [6.07, 6.45) is 0.994. The molecule has 0 radical (unpaired) electrons. The van der Waals surface area contributed by atoms with Crippen molar-refractivity contribution in [3.63, 3.8) is 0 Å². The molecule has 0 saturated carbocycles. The second kappa shape index (κ2) is 9.28. The SMILES string of the molecule is COc1ccc(N(CC(=O)N/N=C(/C)c2ccccc2O)S(C)(=O)=O)cc1OC. The minimum atomic E-state index is -3.77. The van der Waals surface area contributed by atoms with Crippen molar-refractivity contribution in [2.45, 2.75) is 6.92 Å². The fourth-order valence-electron chi connectivity index (χ4n) is 2.53. The van der Waals surface area contributed by atoms with Gasteiger partial charge in [0.25, 0.3) is 5.91 Å². The molecule has 0 atom stereocenters. The van der Waals surface area contributed by atoms with Crippen molar-refractivity contribution >= 4 is 27.3 Å². The number of methoxy groups -OCH3 is 2. The standard InChI is InChI=1S/C19H23N3O6S/c1-13(15-7-5-6-8-16(15)23)20-21-19(24)12-22(29(4,25)26)14-9-10-17(27-2)18(11-14)28-3/h5-11,23H,12H2,1-4H3,(H,21,24)/b20-13-. The molecule has 0 aliphatic carbocycles. The third kappa shape index (κ3) is 5.61. The van der Waals surface area contributed by atoms with Crippen LogP contribution in [0.1, 0.15) is 12.5 Å². The van der Waals surface area contributed by atoms with Gasteiger partial charge >= 0.3 is 0 Å². The van der Waals surface area contributed by atoms with Crippen LogP contribution in [0.15, 0.2) is 47.6 Å². The van der Waals surface area contributed by atoms with E-state index in [9.17, 15) is 18.3 Å². The van der Waals surface area contributed by atoms with Crippen LogP contribution in [0, 0.1) is 0 Å². The number of nitrogens with zero attached hydrogens (tertiary/aromatic N) is 2. The minimum Gasteiger partial charge on any atom is -0.507 e. The number of phenolic OH excluding ortho intramolecular Hbond substituents is 1. The van der Waals surface area contributed by atoms with Crippen LogP contribution in [-0.2, 0) is 14.8 Å². The smallest absolute Gasteiger partial charge is 0.260 e. The van der Waals surface area contributed by atoms with Gasteiger partial charge in [-0.1, -0.05) is 12.1 Å². The van der Waals surface area contributed by atoms with Gasteiger partial charge in [-0.3, -0.25) is 9.10 Å². The molecule has 0 unspecified atom stereocenters. The summed E-state index contributed by atoms with van der Waals surface area (Å²) in [5.74, 6) is 0.121. The Labute approximate surface area is 169 Å². The maximum Gasteiger partial charge on any atom is 0.260 e. The molecule has 156 valence electrons. The maximum atomic E-state index is 12.3. The van der Waals surface area contributed by atoms with Gasteiger partial charge in [-0.25, -0.2) is 13.8 Å². The van der Waals surface area contributed by atoms with E-state index < -0.39 is 22.5 Å². The lowest BCUT2D eigenvalue weighted by atomic mass is 10.1. The Balaban J connectivity index is 2.22. The van der Waals surface area contributed by atoms with Gasteiger partial charge in [0.05, 0.1) is 31.9 Å². The number of nitrogens with one attached hydrogen (secondary N) is 1. The Morgan fingerprint density at radius 1 is 1.14 bits per heavy atom. The summed E-state index contributed by atoms with van der Waals surface area (Å²) < 4.78 is 35.7. The highest BCUT2D eigenvalue weighted by molar-refractivity contribution is 7.92. The number of hydrogen-bond acceptors (Lipinski definition) is 7. The Bertz CT molecular complexity index is 1020. The number of hydrazone groups is 1. The van der Waals surface area contributed by atoms with E-state index in [1.54, 1.807) is 31.2 Å². The molecule has 2 aromatic carbocycles. The van der Waals surface area contributed by atoms with Gasteiger partial charge in [-0.2, -0.15) is 5.10 Å². The molecule has 0 spiro atoms. The molecular formula is C19H23N3O6S. The van der Waals surface area contributed by atoms with Gasteiger partial charge in [0.1, 0.15) is 12.3 Å². The van der Waals surface area contributed by atoms with E-state index in [4.69, 9.17) is 9.47 Å². The van der Waals surface area contributed by atoms with Crippen LogP contribution in [0.2, 0.25) is 0 Å². The summed E-state index contributed by atoms with van der Waals surface area (Å²) in [4.78, 5) is 12.3. The zero-order valence-electron chi connectivity index (χ0n) is 16.5. The van der Waals surface area contributed by atoms with E-state index in [-0.39, 0.29) is 11.4 Å². The number of amides is 1. The fraction of sp³-hybridized carbons (Fsp3) is 0.263. The van der Waals surface area contributed by atoms with E-state index in [1.165, 1.54) is 32.4 Å². The second-order valence-corrected chi connectivity index (χ2v) is 7.97. The molecule has 0 saturated heterocycles. The van der Waals surface area contributed by atoms with Crippen molar-refractivity contribution in [3.05, 3.63) is 48.0 Å². The van der Waals surface area contributed by atoms with Crippen LogP contribution >= 0.6 is 0 Å². The lowest BCUT2D eigenvalue weighted by Crippen LogP contribution is -2.39. The zero-order chi connectivity index (χ0) is 21.6. The van der Waals surface area contributed by atoms with Crippen LogP contribution in [0.4, 0.5) is 5.69 Å². The summed E-state index contributed by atoms with van der Waals surface area (Å²) in [5, 5.41) is 13.8. The largest absolute Gasteiger partial charge is 0.507 e. The second-order valence-electron chi connectivity index (χ2n) is 6.06. The Morgan fingerprint density at radius 3 is 2.38 bits per heavy atom. The summed E-state index contributed by atoms with van der Waals surface area (Å²) in [7, 11) is -0.879. The molecule has 0 aliphatic heterocycles. The minimum absolute atomic E-state index is 0.0195. The van der Waals surface area contributed by atoms with Crippen molar-refractivity contribution in [2.75, 3.05) is 31.3 Å². The number of carbonyl (C=O) groups excluding carboxylic acids is 1. The normalized spacial score (nSPS) is 11.7. The molecule has 2 aromatic rings. The maximum absolute atomic E-state index is 12.3. The highest BCUT2D eigenvalue weighted by Gasteiger charge is 2.22. The van der Waals surface area contributed by atoms with Crippen LogP contribution in [0.25, 0.3) is 0 Å². The third-order valence-corrected chi connectivity index (χ3v) is 5.13. The molecule has 10 heteroatoms. The van der Waals surface area contributed by atoms with E-state index in [0.717, 1.165) is 10.6 Å². The Kier molecular flexibility index (Phi) is 7.05. The first kappa shape index (κ1) is 22.0. The monoisotopic (exact) mass is 421 g/mol. The third-order valence-electron chi connectivity index (χ3n) is 3.98. The average Bonchev–Trinajstić information content (AvgIpc) is 2.69. The fourth-order valence-corrected chi connectivity index (χ4v) is 3.38. The number of ether oxygens (including phenoxy) is 2. The molecule has 0 fully saturated rings. The number of para-hydroxylation sites is 1. The first-order chi connectivity index (χ1) is 13.7. The lowest BCUT2D eigenvalue weighted by Gasteiger charge is -2.22. The van der Waals surface area contributed by atoms with Crippen molar-refractivity contribution in [2.24, 2.45) is 5.10 Å². The lowest BCUT2D eigenvalue weighted by molar-refractivity contribution is -0.119. The number of sulfonamides is 1. The number of phenols is 1. The predicted molar refractivity (Wildman–Crippen MR) is 110 cm³/mol. The number of aromatic hydroxyl groups is 1. The number of benzene rings is 2. The molecule has 29 heavy (non-hydrogen) atoms. The van der Waals surface area contributed by atoms with Gasteiger partial charge < -0.3 is 14.6 Å². The Morgan fingerprint density at radius 2 is 1.79 bits per heavy atom. The molecule has 0 aliphatic rings. The van der Waals surface area contributed by atoms with Crippen LogP contribution in [0.5, 0.6) is 17.2 Å². The zero-order valence-corrected chi connectivity index (χ0v) is 17.4. The first-order valence-corrected chi connectivity index (χ1v) is 10.3. The molecule has 1 amide bonds. The molecule has 2 rings (SSSR count). The highest BCUT2D eigenvalue weighted by Crippen LogP contribution is 2.32. The van der Waals surface area contributed by atoms with Gasteiger partial charge in [0.15, 0.2) is 11.5 Å². The molecular weight excluding hydrogens is 398 g/mol. The molecule has 9 nitrogen and oxygen atoms in total. The van der Waals surface area contributed by atoms with E-state index >= 15 is 0 Å². The molecule has 0 aromatic heterocycles. The summed E-state index contributed by atoms with van der Waals surface area (Å²) >= 11 is 0. The van der Waals surface area contributed by atoms with E-state index in [1.807, 2.05) is 0 Å².